The van der Waals surface area contributed by atoms with Gasteiger partial charge in [-0.25, -0.2) is 4.99 Å². The van der Waals surface area contributed by atoms with E-state index in [2.05, 4.69) is 27.0 Å². The molecule has 4 nitrogen and oxygen atoms in total. The van der Waals surface area contributed by atoms with Gasteiger partial charge in [0, 0.05) is 22.0 Å². The van der Waals surface area contributed by atoms with Gasteiger partial charge < -0.3 is 13.9 Å². The molecule has 0 aliphatic rings. The van der Waals surface area contributed by atoms with Crippen molar-refractivity contribution in [3.05, 3.63) is 64.1 Å². The summed E-state index contributed by atoms with van der Waals surface area (Å²) >= 11 is 3.49. The fourth-order valence-corrected chi connectivity index (χ4v) is 2.71. The van der Waals surface area contributed by atoms with Crippen LogP contribution >= 0.6 is 15.9 Å². The van der Waals surface area contributed by atoms with Gasteiger partial charge in [-0.3, -0.25) is 0 Å². The molecule has 0 fully saturated rings. The first-order chi connectivity index (χ1) is 11.7. The van der Waals surface area contributed by atoms with Crippen LogP contribution in [0.5, 0.6) is 5.75 Å². The van der Waals surface area contributed by atoms with E-state index in [1.807, 2.05) is 49.4 Å². The monoisotopic (exact) mass is 387 g/mol. The molecule has 0 unspecified atom stereocenters. The molecule has 3 aromatic rings. The van der Waals surface area contributed by atoms with Crippen LogP contribution in [0.1, 0.15) is 12.5 Å². The molecule has 124 valence electrons. The number of hydrogen-bond acceptors (Lipinski definition) is 4. The number of hydrogen-bond donors (Lipinski definition) is 0. The third-order valence-electron chi connectivity index (χ3n) is 3.55. The summed E-state index contributed by atoms with van der Waals surface area (Å²) in [5.74, 6) is 0.795. The summed E-state index contributed by atoms with van der Waals surface area (Å²) in [5, 5.41) is 1.01. The zero-order valence-corrected chi connectivity index (χ0v) is 15.2. The largest absolute Gasteiger partial charge is 0.497 e. The molecular weight excluding hydrogens is 370 g/mol. The topological polar surface area (TPSA) is 44.0 Å². The Hall–Kier alpha value is -2.11. The summed E-state index contributed by atoms with van der Waals surface area (Å²) < 4.78 is 17.8. The number of halogens is 1. The first kappa shape index (κ1) is 16.7. The maximum atomic E-state index is 6.01. The quantitative estimate of drug-likeness (QED) is 0.620. The number of methoxy groups -OCH3 is 1. The molecule has 0 saturated carbocycles. The predicted molar refractivity (Wildman–Crippen MR) is 97.5 cm³/mol. The lowest BCUT2D eigenvalue weighted by Gasteiger charge is -2.06. The van der Waals surface area contributed by atoms with Crippen molar-refractivity contribution in [3.63, 3.8) is 0 Å². The van der Waals surface area contributed by atoms with Gasteiger partial charge >= 0.3 is 0 Å². The van der Waals surface area contributed by atoms with Gasteiger partial charge in [0.05, 0.1) is 19.4 Å². The first-order valence-corrected chi connectivity index (χ1v) is 8.47. The molecule has 1 heterocycles. The lowest BCUT2D eigenvalue weighted by atomic mass is 10.2. The summed E-state index contributed by atoms with van der Waals surface area (Å²) in [4.78, 5) is 4.63. The summed E-state index contributed by atoms with van der Waals surface area (Å²) in [6.45, 7) is 3.06. The van der Waals surface area contributed by atoms with Crippen LogP contribution < -0.4 is 10.3 Å². The molecule has 0 N–H and O–H groups in total. The van der Waals surface area contributed by atoms with Gasteiger partial charge in [-0.1, -0.05) is 15.9 Å². The lowest BCUT2D eigenvalue weighted by Crippen LogP contribution is -2.10. The molecule has 0 spiro atoms. The van der Waals surface area contributed by atoms with Crippen LogP contribution in [0.4, 0.5) is 5.69 Å². The van der Waals surface area contributed by atoms with Crippen molar-refractivity contribution >= 4 is 32.6 Å². The molecule has 5 heteroatoms. The zero-order valence-electron chi connectivity index (χ0n) is 13.6. The van der Waals surface area contributed by atoms with Crippen molar-refractivity contribution in [1.82, 2.24) is 0 Å². The second-order valence-corrected chi connectivity index (χ2v) is 6.12. The Morgan fingerprint density at radius 2 is 1.88 bits per heavy atom. The van der Waals surface area contributed by atoms with E-state index < -0.39 is 0 Å². The molecule has 0 atom stereocenters. The van der Waals surface area contributed by atoms with Crippen molar-refractivity contribution in [2.75, 3.05) is 13.7 Å². The van der Waals surface area contributed by atoms with E-state index in [1.54, 1.807) is 7.11 Å². The first-order valence-electron chi connectivity index (χ1n) is 7.68. The summed E-state index contributed by atoms with van der Waals surface area (Å²) in [5.41, 5.74) is 3.06. The van der Waals surface area contributed by atoms with E-state index in [0.717, 1.165) is 32.4 Å². The van der Waals surface area contributed by atoms with Crippen molar-refractivity contribution in [2.45, 2.75) is 13.5 Å². The van der Waals surface area contributed by atoms with Crippen LogP contribution in [0, 0.1) is 0 Å². The van der Waals surface area contributed by atoms with Crippen LogP contribution in [-0.4, -0.2) is 13.7 Å². The molecule has 0 saturated heterocycles. The van der Waals surface area contributed by atoms with E-state index in [9.17, 15) is 0 Å². The van der Waals surface area contributed by atoms with E-state index in [4.69, 9.17) is 13.9 Å². The van der Waals surface area contributed by atoms with E-state index in [1.165, 1.54) is 0 Å². The minimum absolute atomic E-state index is 0.456. The minimum atomic E-state index is 0.456. The average Bonchev–Trinajstić information content (AvgIpc) is 2.60. The smallest absolute Gasteiger partial charge is 0.225 e. The number of ether oxygens (including phenoxy) is 2. The number of nitrogens with zero attached hydrogens (tertiary/aromatic N) is 1. The van der Waals surface area contributed by atoms with Gasteiger partial charge in [0.2, 0.25) is 5.55 Å². The van der Waals surface area contributed by atoms with E-state index in [-0.39, 0.29) is 0 Å². The van der Waals surface area contributed by atoms with Gasteiger partial charge in [-0.2, -0.15) is 0 Å². The average molecular weight is 388 g/mol. The van der Waals surface area contributed by atoms with Crippen LogP contribution in [0.15, 0.2) is 62.4 Å². The Morgan fingerprint density at radius 1 is 1.08 bits per heavy atom. The number of benzene rings is 2. The second-order valence-electron chi connectivity index (χ2n) is 5.21. The number of fused-ring (bicyclic) bond motifs is 1. The molecule has 24 heavy (non-hydrogen) atoms. The highest BCUT2D eigenvalue weighted by Crippen LogP contribution is 2.21. The lowest BCUT2D eigenvalue weighted by molar-refractivity contribution is 0.131. The van der Waals surface area contributed by atoms with Gasteiger partial charge in [-0.15, -0.1) is 0 Å². The molecule has 0 bridgehead atoms. The fraction of sp³-hybridized carbons (Fsp3) is 0.211. The van der Waals surface area contributed by atoms with Gasteiger partial charge in [0.1, 0.15) is 11.3 Å². The standard InChI is InChI=1S/C19H18BrNO3/c1-3-23-12-14-10-13-11-15(20)4-9-18(13)24-19(14)21-16-5-7-17(22-2)8-6-16/h4-11H,3,12H2,1-2H3/b21-19-. The fourth-order valence-electron chi connectivity index (χ4n) is 2.33. The molecule has 0 radical (unpaired) electrons. The van der Waals surface area contributed by atoms with Crippen molar-refractivity contribution in [1.29, 1.82) is 0 Å². The summed E-state index contributed by atoms with van der Waals surface area (Å²) in [6.07, 6.45) is 0. The Kier molecular flexibility index (Phi) is 5.33. The predicted octanol–water partition coefficient (Wildman–Crippen LogP) is 4.97. The summed E-state index contributed by atoms with van der Waals surface area (Å²) in [6, 6.07) is 15.5. The van der Waals surface area contributed by atoms with Gasteiger partial charge in [-0.05, 0) is 55.5 Å². The zero-order chi connectivity index (χ0) is 16.9. The van der Waals surface area contributed by atoms with Crippen LogP contribution in [0.3, 0.4) is 0 Å². The van der Waals surface area contributed by atoms with Gasteiger partial charge in [0.15, 0.2) is 0 Å². The molecule has 0 amide bonds. The molecule has 0 aliphatic heterocycles. The maximum Gasteiger partial charge on any atom is 0.225 e. The maximum absolute atomic E-state index is 6.01. The van der Waals surface area contributed by atoms with Crippen molar-refractivity contribution < 1.29 is 13.9 Å². The SMILES string of the molecule is CCOCc1cc2cc(Br)ccc2o/c1=N\c1ccc(OC)cc1. The second kappa shape index (κ2) is 7.64. The van der Waals surface area contributed by atoms with Crippen LogP contribution in [-0.2, 0) is 11.3 Å². The number of rotatable bonds is 5. The van der Waals surface area contributed by atoms with E-state index >= 15 is 0 Å². The molecule has 1 aromatic heterocycles. The Bertz CT molecular complexity index is 901. The van der Waals surface area contributed by atoms with Crippen molar-refractivity contribution in [2.24, 2.45) is 4.99 Å². The summed E-state index contributed by atoms with van der Waals surface area (Å²) in [7, 11) is 1.64. The highest BCUT2D eigenvalue weighted by atomic mass is 79.9. The third-order valence-corrected chi connectivity index (χ3v) is 4.04. The van der Waals surface area contributed by atoms with Crippen LogP contribution in [0.25, 0.3) is 11.0 Å². The van der Waals surface area contributed by atoms with Crippen molar-refractivity contribution in [3.8, 4) is 5.75 Å². The molecule has 3 rings (SSSR count). The van der Waals surface area contributed by atoms with Crippen LogP contribution in [0.2, 0.25) is 0 Å². The normalized spacial score (nSPS) is 11.9. The highest BCUT2D eigenvalue weighted by Gasteiger charge is 2.05. The molecule has 2 aromatic carbocycles. The van der Waals surface area contributed by atoms with E-state index in [0.29, 0.717) is 18.8 Å². The minimum Gasteiger partial charge on any atom is -0.497 e. The Labute approximate surface area is 148 Å². The Balaban J connectivity index is 2.11. The third kappa shape index (κ3) is 3.86. The highest BCUT2D eigenvalue weighted by molar-refractivity contribution is 9.10. The molecule has 0 aliphatic carbocycles. The molecular formula is C19H18BrNO3. The van der Waals surface area contributed by atoms with Gasteiger partial charge in [0.25, 0.3) is 0 Å². The Morgan fingerprint density at radius 3 is 2.58 bits per heavy atom.